The molecular weight excluding hydrogens is 220 g/mol. The Morgan fingerprint density at radius 2 is 2.11 bits per heavy atom. The molecule has 1 aliphatic carbocycles. The highest BCUT2D eigenvalue weighted by Crippen LogP contribution is 2.34. The van der Waals surface area contributed by atoms with Gasteiger partial charge in [0, 0.05) is 17.2 Å². The van der Waals surface area contributed by atoms with E-state index >= 15 is 0 Å². The summed E-state index contributed by atoms with van der Waals surface area (Å²) < 4.78 is 0. The van der Waals surface area contributed by atoms with Crippen molar-refractivity contribution in [3.05, 3.63) is 40.8 Å². The van der Waals surface area contributed by atoms with E-state index in [9.17, 15) is 0 Å². The summed E-state index contributed by atoms with van der Waals surface area (Å²) in [5.74, 6) is 1.59. The first kappa shape index (κ1) is 11.5. The number of aryl methyl sites for hydroxylation is 2. The summed E-state index contributed by atoms with van der Waals surface area (Å²) >= 11 is 0. The van der Waals surface area contributed by atoms with Gasteiger partial charge in [-0.3, -0.25) is 0 Å². The van der Waals surface area contributed by atoms with Crippen molar-refractivity contribution in [2.45, 2.75) is 46.0 Å². The first-order valence-electron chi connectivity index (χ1n) is 6.90. The molecule has 94 valence electrons. The van der Waals surface area contributed by atoms with E-state index < -0.39 is 0 Å². The quantitative estimate of drug-likeness (QED) is 0.848. The highest BCUT2D eigenvalue weighted by molar-refractivity contribution is 5.70. The standard InChI is InChI=1S/C16H20N2/c1-4-11-6-5-7-13-12(11)8-9-14-15(13)18-16(17-14)10(2)3/h5-7,10H,4,8-9H2,1-3H3,(H,17,18). The number of benzene rings is 1. The number of rotatable bonds is 2. The smallest absolute Gasteiger partial charge is 0.109 e. The van der Waals surface area contributed by atoms with Gasteiger partial charge in [0.05, 0.1) is 5.69 Å². The summed E-state index contributed by atoms with van der Waals surface area (Å²) in [7, 11) is 0. The Bertz CT molecular complexity index is 579. The third kappa shape index (κ3) is 1.67. The van der Waals surface area contributed by atoms with Gasteiger partial charge in [-0.1, -0.05) is 39.0 Å². The molecule has 18 heavy (non-hydrogen) atoms. The van der Waals surface area contributed by atoms with Crippen molar-refractivity contribution < 1.29 is 0 Å². The van der Waals surface area contributed by atoms with Gasteiger partial charge in [-0.15, -0.1) is 0 Å². The fourth-order valence-corrected chi connectivity index (χ4v) is 2.84. The van der Waals surface area contributed by atoms with Gasteiger partial charge in [-0.2, -0.15) is 0 Å². The van der Waals surface area contributed by atoms with Crippen molar-refractivity contribution >= 4 is 0 Å². The maximum absolute atomic E-state index is 4.81. The Morgan fingerprint density at radius 1 is 1.28 bits per heavy atom. The molecule has 0 spiro atoms. The Kier molecular flexibility index (Phi) is 2.73. The number of nitrogens with zero attached hydrogens (tertiary/aromatic N) is 1. The number of imidazole rings is 1. The van der Waals surface area contributed by atoms with Gasteiger partial charge >= 0.3 is 0 Å². The minimum atomic E-state index is 0.466. The van der Waals surface area contributed by atoms with Gasteiger partial charge < -0.3 is 4.98 Å². The summed E-state index contributed by atoms with van der Waals surface area (Å²) in [6.07, 6.45) is 3.35. The van der Waals surface area contributed by atoms with E-state index in [0.717, 1.165) is 25.1 Å². The van der Waals surface area contributed by atoms with Crippen LogP contribution in [-0.2, 0) is 19.3 Å². The minimum Gasteiger partial charge on any atom is -0.345 e. The van der Waals surface area contributed by atoms with Crippen molar-refractivity contribution in [3.8, 4) is 11.3 Å². The number of fused-ring (bicyclic) bond motifs is 3. The molecule has 3 rings (SSSR count). The second kappa shape index (κ2) is 4.27. The van der Waals surface area contributed by atoms with Crippen molar-refractivity contribution in [1.29, 1.82) is 0 Å². The Morgan fingerprint density at radius 3 is 2.83 bits per heavy atom. The maximum atomic E-state index is 4.81. The van der Waals surface area contributed by atoms with E-state index in [-0.39, 0.29) is 0 Å². The van der Waals surface area contributed by atoms with Gasteiger partial charge in [0.25, 0.3) is 0 Å². The van der Waals surface area contributed by atoms with Crippen LogP contribution in [0.4, 0.5) is 0 Å². The average Bonchev–Trinajstić information content (AvgIpc) is 2.82. The molecular formula is C16H20N2. The molecule has 1 N–H and O–H groups in total. The lowest BCUT2D eigenvalue weighted by Gasteiger charge is -2.18. The molecule has 2 heteroatoms. The van der Waals surface area contributed by atoms with Crippen LogP contribution < -0.4 is 0 Å². The van der Waals surface area contributed by atoms with E-state index in [2.05, 4.69) is 44.0 Å². The highest BCUT2D eigenvalue weighted by atomic mass is 14.9. The predicted molar refractivity (Wildman–Crippen MR) is 74.9 cm³/mol. The van der Waals surface area contributed by atoms with Crippen molar-refractivity contribution in [3.63, 3.8) is 0 Å². The second-order valence-electron chi connectivity index (χ2n) is 5.40. The summed E-state index contributed by atoms with van der Waals surface area (Å²) in [5.41, 5.74) is 6.84. The van der Waals surface area contributed by atoms with Gasteiger partial charge in [0.2, 0.25) is 0 Å². The van der Waals surface area contributed by atoms with E-state index in [4.69, 9.17) is 4.98 Å². The van der Waals surface area contributed by atoms with Gasteiger partial charge in [0.15, 0.2) is 0 Å². The zero-order valence-corrected chi connectivity index (χ0v) is 11.4. The van der Waals surface area contributed by atoms with E-state index in [1.807, 2.05) is 0 Å². The van der Waals surface area contributed by atoms with E-state index in [1.54, 1.807) is 0 Å². The van der Waals surface area contributed by atoms with Crippen LogP contribution in [0.1, 0.15) is 49.3 Å². The first-order valence-corrected chi connectivity index (χ1v) is 6.90. The molecule has 0 fully saturated rings. The maximum Gasteiger partial charge on any atom is 0.109 e. The Labute approximate surface area is 108 Å². The zero-order chi connectivity index (χ0) is 12.7. The fraction of sp³-hybridized carbons (Fsp3) is 0.438. The van der Waals surface area contributed by atoms with Gasteiger partial charge in [-0.25, -0.2) is 4.98 Å². The van der Waals surface area contributed by atoms with E-state index in [1.165, 1.54) is 28.1 Å². The molecule has 0 atom stereocenters. The Balaban J connectivity index is 2.16. The van der Waals surface area contributed by atoms with Crippen LogP contribution in [0, 0.1) is 0 Å². The van der Waals surface area contributed by atoms with Gasteiger partial charge in [0.1, 0.15) is 5.82 Å². The molecule has 0 radical (unpaired) electrons. The summed E-state index contributed by atoms with van der Waals surface area (Å²) in [5, 5.41) is 0. The summed E-state index contributed by atoms with van der Waals surface area (Å²) in [4.78, 5) is 8.31. The summed E-state index contributed by atoms with van der Waals surface area (Å²) in [6.45, 7) is 6.61. The van der Waals surface area contributed by atoms with Crippen molar-refractivity contribution in [1.82, 2.24) is 9.97 Å². The minimum absolute atomic E-state index is 0.466. The summed E-state index contributed by atoms with van der Waals surface area (Å²) in [6, 6.07) is 6.63. The van der Waals surface area contributed by atoms with Crippen LogP contribution in [0.5, 0.6) is 0 Å². The molecule has 0 amide bonds. The number of aromatic nitrogens is 2. The molecule has 1 aliphatic rings. The van der Waals surface area contributed by atoms with Crippen molar-refractivity contribution in [2.24, 2.45) is 0 Å². The molecule has 2 aromatic rings. The van der Waals surface area contributed by atoms with Crippen LogP contribution in [0.15, 0.2) is 18.2 Å². The molecule has 1 aromatic carbocycles. The van der Waals surface area contributed by atoms with Crippen molar-refractivity contribution in [2.75, 3.05) is 0 Å². The number of hydrogen-bond donors (Lipinski definition) is 1. The predicted octanol–water partition coefficient (Wildman–Crippen LogP) is 3.86. The van der Waals surface area contributed by atoms with Crippen LogP contribution >= 0.6 is 0 Å². The SMILES string of the molecule is CCc1cccc2c1CCc1[nH]c(C(C)C)nc1-2. The molecule has 1 heterocycles. The molecule has 0 unspecified atom stereocenters. The molecule has 0 saturated carbocycles. The molecule has 1 aromatic heterocycles. The van der Waals surface area contributed by atoms with Crippen LogP contribution in [-0.4, -0.2) is 9.97 Å². The van der Waals surface area contributed by atoms with Gasteiger partial charge in [-0.05, 0) is 30.4 Å². The lowest BCUT2D eigenvalue weighted by Crippen LogP contribution is -2.06. The normalized spacial score (nSPS) is 13.6. The molecule has 0 aliphatic heterocycles. The third-order valence-electron chi connectivity index (χ3n) is 3.88. The van der Waals surface area contributed by atoms with E-state index in [0.29, 0.717) is 5.92 Å². The largest absolute Gasteiger partial charge is 0.345 e. The van der Waals surface area contributed by atoms with Crippen LogP contribution in [0.2, 0.25) is 0 Å². The average molecular weight is 240 g/mol. The number of hydrogen-bond acceptors (Lipinski definition) is 1. The number of H-pyrrole nitrogens is 1. The second-order valence-corrected chi connectivity index (χ2v) is 5.40. The lowest BCUT2D eigenvalue weighted by molar-refractivity contribution is 0.786. The first-order chi connectivity index (χ1) is 8.70. The number of nitrogens with one attached hydrogen (secondary N) is 1. The fourth-order valence-electron chi connectivity index (χ4n) is 2.84. The number of aromatic amines is 1. The molecule has 0 saturated heterocycles. The Hall–Kier alpha value is -1.57. The highest BCUT2D eigenvalue weighted by Gasteiger charge is 2.22. The molecule has 0 bridgehead atoms. The third-order valence-corrected chi connectivity index (χ3v) is 3.88. The monoisotopic (exact) mass is 240 g/mol. The molecule has 2 nitrogen and oxygen atoms in total. The zero-order valence-electron chi connectivity index (χ0n) is 11.4. The van der Waals surface area contributed by atoms with Crippen LogP contribution in [0.25, 0.3) is 11.3 Å². The lowest BCUT2D eigenvalue weighted by atomic mass is 9.88. The van der Waals surface area contributed by atoms with Crippen LogP contribution in [0.3, 0.4) is 0 Å². The topological polar surface area (TPSA) is 28.7 Å².